The average molecular weight is 226 g/mol. The third-order valence-electron chi connectivity index (χ3n) is 4.36. The minimum atomic E-state index is 0.302. The van der Waals surface area contributed by atoms with Gasteiger partial charge in [-0.25, -0.2) is 0 Å². The zero-order valence-corrected chi connectivity index (χ0v) is 10.7. The van der Waals surface area contributed by atoms with Crippen molar-refractivity contribution in [3.05, 3.63) is 0 Å². The van der Waals surface area contributed by atoms with Crippen LogP contribution in [0.3, 0.4) is 0 Å². The molecule has 0 aromatic heterocycles. The van der Waals surface area contributed by atoms with Gasteiger partial charge in [0.1, 0.15) is 0 Å². The first-order valence-corrected chi connectivity index (χ1v) is 6.69. The van der Waals surface area contributed by atoms with Gasteiger partial charge in [0.2, 0.25) is 0 Å². The van der Waals surface area contributed by atoms with Crippen LogP contribution in [0.1, 0.15) is 39.5 Å². The van der Waals surface area contributed by atoms with Crippen molar-refractivity contribution in [3.8, 4) is 0 Å². The Balaban J connectivity index is 2.01. The van der Waals surface area contributed by atoms with Gasteiger partial charge in [0.15, 0.2) is 0 Å². The second-order valence-electron chi connectivity index (χ2n) is 5.98. The van der Waals surface area contributed by atoms with Crippen LogP contribution in [-0.4, -0.2) is 43.3 Å². The molecule has 0 radical (unpaired) electrons. The van der Waals surface area contributed by atoms with E-state index < -0.39 is 0 Å². The SMILES string of the molecule is CC1(C)CCCC(N2CCCOCC2)C1N. The van der Waals surface area contributed by atoms with Gasteiger partial charge in [0, 0.05) is 31.8 Å². The van der Waals surface area contributed by atoms with Crippen molar-refractivity contribution in [1.29, 1.82) is 0 Å². The van der Waals surface area contributed by atoms with Crippen molar-refractivity contribution in [3.63, 3.8) is 0 Å². The predicted octanol–water partition coefficient (Wildman–Crippen LogP) is 1.61. The Hall–Kier alpha value is -0.120. The van der Waals surface area contributed by atoms with E-state index in [1.807, 2.05) is 0 Å². The van der Waals surface area contributed by atoms with Gasteiger partial charge in [0.05, 0.1) is 6.61 Å². The molecule has 1 saturated carbocycles. The molecular weight excluding hydrogens is 200 g/mol. The molecule has 3 heteroatoms. The number of ether oxygens (including phenoxy) is 1. The standard InChI is InChI=1S/C13H26N2O/c1-13(2)6-3-5-11(12(13)14)15-7-4-9-16-10-8-15/h11-12H,3-10,14H2,1-2H3. The van der Waals surface area contributed by atoms with Crippen LogP contribution in [0.4, 0.5) is 0 Å². The predicted molar refractivity (Wildman–Crippen MR) is 66.4 cm³/mol. The van der Waals surface area contributed by atoms with Gasteiger partial charge in [-0.3, -0.25) is 4.90 Å². The number of hydrogen-bond donors (Lipinski definition) is 1. The Bertz CT molecular complexity index is 222. The summed E-state index contributed by atoms with van der Waals surface area (Å²) in [5.41, 5.74) is 6.76. The molecule has 16 heavy (non-hydrogen) atoms. The van der Waals surface area contributed by atoms with E-state index >= 15 is 0 Å². The van der Waals surface area contributed by atoms with E-state index in [-0.39, 0.29) is 0 Å². The topological polar surface area (TPSA) is 38.5 Å². The van der Waals surface area contributed by atoms with Crippen molar-refractivity contribution < 1.29 is 4.74 Å². The van der Waals surface area contributed by atoms with Crippen molar-refractivity contribution in [2.45, 2.75) is 51.6 Å². The summed E-state index contributed by atoms with van der Waals surface area (Å²) in [4.78, 5) is 2.57. The average Bonchev–Trinajstić information content (AvgIpc) is 2.50. The van der Waals surface area contributed by atoms with Gasteiger partial charge in [-0.15, -0.1) is 0 Å². The van der Waals surface area contributed by atoms with E-state index in [4.69, 9.17) is 10.5 Å². The third kappa shape index (κ3) is 2.58. The van der Waals surface area contributed by atoms with Crippen molar-refractivity contribution in [2.75, 3.05) is 26.3 Å². The third-order valence-corrected chi connectivity index (χ3v) is 4.36. The van der Waals surface area contributed by atoms with Crippen LogP contribution in [-0.2, 0) is 4.74 Å². The lowest BCUT2D eigenvalue weighted by Crippen LogP contribution is -2.57. The zero-order chi connectivity index (χ0) is 11.6. The molecule has 1 heterocycles. The fourth-order valence-electron chi connectivity index (χ4n) is 3.14. The van der Waals surface area contributed by atoms with E-state index in [1.54, 1.807) is 0 Å². The molecule has 2 N–H and O–H groups in total. The van der Waals surface area contributed by atoms with E-state index in [2.05, 4.69) is 18.7 Å². The Morgan fingerprint density at radius 1 is 1.19 bits per heavy atom. The van der Waals surface area contributed by atoms with Crippen LogP contribution in [0.15, 0.2) is 0 Å². The lowest BCUT2D eigenvalue weighted by molar-refractivity contribution is 0.0633. The Morgan fingerprint density at radius 3 is 2.81 bits per heavy atom. The van der Waals surface area contributed by atoms with Gasteiger partial charge in [-0.2, -0.15) is 0 Å². The number of nitrogens with zero attached hydrogens (tertiary/aromatic N) is 1. The first-order valence-electron chi connectivity index (χ1n) is 6.69. The molecule has 0 aromatic carbocycles. The van der Waals surface area contributed by atoms with Gasteiger partial charge >= 0.3 is 0 Å². The highest BCUT2D eigenvalue weighted by Crippen LogP contribution is 2.36. The maximum absolute atomic E-state index is 6.46. The summed E-state index contributed by atoms with van der Waals surface area (Å²) in [6, 6.07) is 0.893. The minimum Gasteiger partial charge on any atom is -0.380 e. The molecular formula is C13H26N2O. The molecule has 0 aromatic rings. The Morgan fingerprint density at radius 2 is 2.00 bits per heavy atom. The first kappa shape index (κ1) is 12.3. The summed E-state index contributed by atoms with van der Waals surface area (Å²) in [7, 11) is 0. The Kier molecular flexibility index (Phi) is 3.88. The first-order chi connectivity index (χ1) is 7.61. The summed E-state index contributed by atoms with van der Waals surface area (Å²) >= 11 is 0. The largest absolute Gasteiger partial charge is 0.380 e. The normalized spacial score (nSPS) is 36.9. The summed E-state index contributed by atoms with van der Waals surface area (Å²) in [6.45, 7) is 8.66. The van der Waals surface area contributed by atoms with Crippen LogP contribution in [0.2, 0.25) is 0 Å². The zero-order valence-electron chi connectivity index (χ0n) is 10.7. The van der Waals surface area contributed by atoms with Crippen LogP contribution >= 0.6 is 0 Å². The molecule has 2 fully saturated rings. The highest BCUT2D eigenvalue weighted by molar-refractivity contribution is 4.96. The summed E-state index contributed by atoms with van der Waals surface area (Å²) in [5, 5.41) is 0. The summed E-state index contributed by atoms with van der Waals surface area (Å²) in [5.74, 6) is 0. The van der Waals surface area contributed by atoms with E-state index in [9.17, 15) is 0 Å². The van der Waals surface area contributed by atoms with Crippen molar-refractivity contribution in [2.24, 2.45) is 11.1 Å². The van der Waals surface area contributed by atoms with Gasteiger partial charge < -0.3 is 10.5 Å². The molecule has 0 bridgehead atoms. The van der Waals surface area contributed by atoms with Gasteiger partial charge in [-0.1, -0.05) is 20.3 Å². The molecule has 1 aliphatic heterocycles. The monoisotopic (exact) mass is 226 g/mol. The van der Waals surface area contributed by atoms with Crippen LogP contribution in [0.25, 0.3) is 0 Å². The fraction of sp³-hybridized carbons (Fsp3) is 1.00. The summed E-state index contributed by atoms with van der Waals surface area (Å²) in [6.07, 6.45) is 5.02. The van der Waals surface area contributed by atoms with E-state index in [0.717, 1.165) is 32.7 Å². The quantitative estimate of drug-likeness (QED) is 0.738. The van der Waals surface area contributed by atoms with Crippen molar-refractivity contribution in [1.82, 2.24) is 4.90 Å². The number of hydrogen-bond acceptors (Lipinski definition) is 3. The van der Waals surface area contributed by atoms with E-state index in [0.29, 0.717) is 17.5 Å². The molecule has 2 atom stereocenters. The van der Waals surface area contributed by atoms with Crippen LogP contribution < -0.4 is 5.73 Å². The summed E-state index contributed by atoms with van der Waals surface area (Å²) < 4.78 is 5.52. The molecule has 2 rings (SSSR count). The maximum Gasteiger partial charge on any atom is 0.0593 e. The lowest BCUT2D eigenvalue weighted by Gasteiger charge is -2.46. The molecule has 0 spiro atoms. The van der Waals surface area contributed by atoms with Gasteiger partial charge in [0.25, 0.3) is 0 Å². The minimum absolute atomic E-state index is 0.302. The molecule has 1 saturated heterocycles. The number of nitrogens with two attached hydrogens (primary N) is 1. The fourth-order valence-corrected chi connectivity index (χ4v) is 3.14. The highest BCUT2D eigenvalue weighted by Gasteiger charge is 2.39. The van der Waals surface area contributed by atoms with Crippen LogP contribution in [0, 0.1) is 5.41 Å². The molecule has 3 nitrogen and oxygen atoms in total. The second-order valence-corrected chi connectivity index (χ2v) is 5.98. The molecule has 1 aliphatic carbocycles. The second kappa shape index (κ2) is 5.03. The smallest absolute Gasteiger partial charge is 0.0593 e. The van der Waals surface area contributed by atoms with Crippen LogP contribution in [0.5, 0.6) is 0 Å². The van der Waals surface area contributed by atoms with E-state index in [1.165, 1.54) is 19.3 Å². The maximum atomic E-state index is 6.46. The molecule has 94 valence electrons. The molecule has 2 unspecified atom stereocenters. The number of rotatable bonds is 1. The lowest BCUT2D eigenvalue weighted by atomic mass is 9.71. The Labute approximate surface area is 99.3 Å². The molecule has 0 amide bonds. The van der Waals surface area contributed by atoms with Gasteiger partial charge in [-0.05, 0) is 24.7 Å². The highest BCUT2D eigenvalue weighted by atomic mass is 16.5. The molecule has 2 aliphatic rings. The van der Waals surface area contributed by atoms with Crippen molar-refractivity contribution >= 4 is 0 Å².